The van der Waals surface area contributed by atoms with Crippen molar-refractivity contribution in [1.29, 1.82) is 5.26 Å². The van der Waals surface area contributed by atoms with Crippen LogP contribution in [0.15, 0.2) is 42.6 Å². The number of hydrogen-bond acceptors (Lipinski definition) is 3. The van der Waals surface area contributed by atoms with Crippen LogP contribution in [0, 0.1) is 17.1 Å². The van der Waals surface area contributed by atoms with E-state index in [0.717, 1.165) is 11.1 Å². The van der Waals surface area contributed by atoms with E-state index in [1.807, 2.05) is 6.07 Å². The number of benzene rings is 1. The monoisotopic (exact) mass is 252 g/mol. The number of nitriles is 1. The van der Waals surface area contributed by atoms with Gasteiger partial charge in [-0.1, -0.05) is 0 Å². The largest absolute Gasteiger partial charge is 0.345 e. The van der Waals surface area contributed by atoms with Gasteiger partial charge in [0.1, 0.15) is 23.4 Å². The van der Waals surface area contributed by atoms with Crippen LogP contribution < -0.4 is 5.32 Å². The van der Waals surface area contributed by atoms with Crippen molar-refractivity contribution in [3.8, 4) is 6.07 Å². The van der Waals surface area contributed by atoms with Crippen LogP contribution in [0.5, 0.6) is 0 Å². The third-order valence-corrected chi connectivity index (χ3v) is 2.78. The Balaban J connectivity index is 1.94. The van der Waals surface area contributed by atoms with Gasteiger partial charge in [-0.25, -0.2) is 9.37 Å². The van der Waals surface area contributed by atoms with Crippen LogP contribution in [0.3, 0.4) is 0 Å². The van der Waals surface area contributed by atoms with Gasteiger partial charge in [0.25, 0.3) is 0 Å². The average molecular weight is 252 g/mol. The second-order valence-corrected chi connectivity index (χ2v) is 4.04. The lowest BCUT2D eigenvalue weighted by Crippen LogP contribution is -1.93. The highest BCUT2D eigenvalue weighted by Gasteiger charge is 2.05. The molecule has 1 aromatic carbocycles. The van der Waals surface area contributed by atoms with Crippen LogP contribution in [0.1, 0.15) is 5.56 Å². The lowest BCUT2D eigenvalue weighted by atomic mass is 10.2. The molecule has 19 heavy (non-hydrogen) atoms. The predicted octanol–water partition coefficient (Wildman–Crippen LogP) is 3.32. The van der Waals surface area contributed by atoms with Gasteiger partial charge in [-0.3, -0.25) is 0 Å². The van der Waals surface area contributed by atoms with Crippen molar-refractivity contribution in [2.24, 2.45) is 0 Å². The zero-order chi connectivity index (χ0) is 13.2. The van der Waals surface area contributed by atoms with E-state index in [-0.39, 0.29) is 5.82 Å². The maximum absolute atomic E-state index is 12.8. The summed E-state index contributed by atoms with van der Waals surface area (Å²) in [5.41, 5.74) is 1.96. The van der Waals surface area contributed by atoms with Crippen molar-refractivity contribution in [3.05, 3.63) is 54.0 Å². The van der Waals surface area contributed by atoms with Gasteiger partial charge in [-0.05, 0) is 36.4 Å². The molecule has 0 saturated heterocycles. The molecule has 3 rings (SSSR count). The smallest absolute Gasteiger partial charge is 0.141 e. The number of H-pyrrole nitrogens is 1. The Hall–Kier alpha value is -2.87. The van der Waals surface area contributed by atoms with E-state index >= 15 is 0 Å². The van der Waals surface area contributed by atoms with Gasteiger partial charge >= 0.3 is 0 Å². The molecule has 0 spiro atoms. The second kappa shape index (κ2) is 4.42. The van der Waals surface area contributed by atoms with E-state index in [1.54, 1.807) is 24.4 Å². The molecule has 2 N–H and O–H groups in total. The van der Waals surface area contributed by atoms with E-state index in [4.69, 9.17) is 5.26 Å². The SMILES string of the molecule is N#Cc1c[nH]c2nc(Nc3ccc(F)cc3)ccc12. The summed E-state index contributed by atoms with van der Waals surface area (Å²) >= 11 is 0. The van der Waals surface area contributed by atoms with Gasteiger partial charge in [-0.2, -0.15) is 5.26 Å². The third-order valence-electron chi connectivity index (χ3n) is 2.78. The highest BCUT2D eigenvalue weighted by Crippen LogP contribution is 2.20. The van der Waals surface area contributed by atoms with Crippen molar-refractivity contribution in [3.63, 3.8) is 0 Å². The molecule has 0 aliphatic rings. The summed E-state index contributed by atoms with van der Waals surface area (Å²) in [5, 5.41) is 12.8. The molecule has 2 aromatic heterocycles. The minimum atomic E-state index is -0.281. The molecule has 0 bridgehead atoms. The van der Waals surface area contributed by atoms with E-state index in [0.29, 0.717) is 17.0 Å². The Bertz CT molecular complexity index is 768. The topological polar surface area (TPSA) is 64.5 Å². The third kappa shape index (κ3) is 2.11. The standard InChI is InChI=1S/C14H9FN4/c15-10-1-3-11(4-2-10)18-13-6-5-12-9(7-16)8-17-14(12)19-13/h1-6,8H,(H2,17,18,19). The van der Waals surface area contributed by atoms with Gasteiger partial charge in [0, 0.05) is 17.3 Å². The molecular weight excluding hydrogens is 243 g/mol. The first-order chi connectivity index (χ1) is 9.26. The molecule has 0 amide bonds. The Morgan fingerprint density at radius 3 is 2.68 bits per heavy atom. The molecule has 2 heterocycles. The van der Waals surface area contributed by atoms with E-state index in [9.17, 15) is 4.39 Å². The molecule has 0 aliphatic heterocycles. The van der Waals surface area contributed by atoms with E-state index < -0.39 is 0 Å². The molecular formula is C14H9FN4. The highest BCUT2D eigenvalue weighted by molar-refractivity contribution is 5.84. The number of hydrogen-bond donors (Lipinski definition) is 2. The number of halogens is 1. The number of nitrogens with zero attached hydrogens (tertiary/aromatic N) is 2. The van der Waals surface area contributed by atoms with Crippen molar-refractivity contribution in [2.45, 2.75) is 0 Å². The van der Waals surface area contributed by atoms with Crippen LogP contribution in [-0.4, -0.2) is 9.97 Å². The van der Waals surface area contributed by atoms with Gasteiger partial charge in [0.2, 0.25) is 0 Å². The first-order valence-electron chi connectivity index (χ1n) is 5.67. The van der Waals surface area contributed by atoms with E-state index in [1.165, 1.54) is 12.1 Å². The van der Waals surface area contributed by atoms with Crippen LogP contribution in [-0.2, 0) is 0 Å². The zero-order valence-electron chi connectivity index (χ0n) is 9.81. The van der Waals surface area contributed by atoms with Gasteiger partial charge < -0.3 is 10.3 Å². The Labute approximate surface area is 108 Å². The summed E-state index contributed by atoms with van der Waals surface area (Å²) in [6.45, 7) is 0. The number of aromatic amines is 1. The van der Waals surface area contributed by atoms with Crippen LogP contribution in [0.25, 0.3) is 11.0 Å². The van der Waals surface area contributed by atoms with Crippen LogP contribution in [0.2, 0.25) is 0 Å². The molecule has 0 saturated carbocycles. The molecule has 0 radical (unpaired) electrons. The Kier molecular flexibility index (Phi) is 2.62. The summed E-state index contributed by atoms with van der Waals surface area (Å²) in [7, 11) is 0. The summed E-state index contributed by atoms with van der Waals surface area (Å²) in [6, 6.07) is 11.7. The molecule has 0 unspecified atom stereocenters. The maximum Gasteiger partial charge on any atom is 0.141 e. The minimum absolute atomic E-state index is 0.281. The molecule has 0 atom stereocenters. The van der Waals surface area contributed by atoms with Crippen molar-refractivity contribution >= 4 is 22.5 Å². The van der Waals surface area contributed by atoms with Gasteiger partial charge in [0.05, 0.1) is 5.56 Å². The Morgan fingerprint density at radius 1 is 1.16 bits per heavy atom. The molecule has 3 aromatic rings. The molecule has 4 nitrogen and oxygen atoms in total. The molecule has 0 fully saturated rings. The molecule has 5 heteroatoms. The number of pyridine rings is 1. The fourth-order valence-corrected chi connectivity index (χ4v) is 1.85. The highest BCUT2D eigenvalue weighted by atomic mass is 19.1. The summed E-state index contributed by atoms with van der Waals surface area (Å²) in [6.07, 6.45) is 1.62. The second-order valence-electron chi connectivity index (χ2n) is 4.04. The summed E-state index contributed by atoms with van der Waals surface area (Å²) < 4.78 is 12.8. The summed E-state index contributed by atoms with van der Waals surface area (Å²) in [5.74, 6) is 0.349. The Morgan fingerprint density at radius 2 is 1.95 bits per heavy atom. The van der Waals surface area contributed by atoms with Crippen LogP contribution in [0.4, 0.5) is 15.9 Å². The van der Waals surface area contributed by atoms with Crippen molar-refractivity contribution in [1.82, 2.24) is 9.97 Å². The van der Waals surface area contributed by atoms with Crippen molar-refractivity contribution in [2.75, 3.05) is 5.32 Å². The first kappa shape index (κ1) is 11.2. The quantitative estimate of drug-likeness (QED) is 0.735. The summed E-state index contributed by atoms with van der Waals surface area (Å²) in [4.78, 5) is 7.29. The minimum Gasteiger partial charge on any atom is -0.345 e. The molecule has 92 valence electrons. The van der Waals surface area contributed by atoms with Crippen LogP contribution >= 0.6 is 0 Å². The number of rotatable bonds is 2. The average Bonchev–Trinajstić information content (AvgIpc) is 2.83. The first-order valence-corrected chi connectivity index (χ1v) is 5.67. The fraction of sp³-hybridized carbons (Fsp3) is 0. The zero-order valence-corrected chi connectivity index (χ0v) is 9.81. The maximum atomic E-state index is 12.8. The van der Waals surface area contributed by atoms with E-state index in [2.05, 4.69) is 21.4 Å². The van der Waals surface area contributed by atoms with Crippen molar-refractivity contribution < 1.29 is 4.39 Å². The lowest BCUT2D eigenvalue weighted by molar-refractivity contribution is 0.628. The number of anilines is 2. The van der Waals surface area contributed by atoms with Gasteiger partial charge in [0.15, 0.2) is 0 Å². The normalized spacial score (nSPS) is 10.3. The lowest BCUT2D eigenvalue weighted by Gasteiger charge is -2.05. The predicted molar refractivity (Wildman–Crippen MR) is 70.5 cm³/mol. The van der Waals surface area contributed by atoms with Gasteiger partial charge in [-0.15, -0.1) is 0 Å². The number of nitrogens with one attached hydrogen (secondary N) is 2. The number of fused-ring (bicyclic) bond motifs is 1. The fourth-order valence-electron chi connectivity index (χ4n) is 1.85. The molecule has 0 aliphatic carbocycles. The number of aromatic nitrogens is 2.